The number of hydrogen-bond acceptors (Lipinski definition) is 5. The minimum absolute atomic E-state index is 0.0330. The highest BCUT2D eigenvalue weighted by atomic mass is 127. The van der Waals surface area contributed by atoms with E-state index >= 15 is 0 Å². The highest BCUT2D eigenvalue weighted by Crippen LogP contribution is 2.34. The van der Waals surface area contributed by atoms with Crippen molar-refractivity contribution in [1.29, 1.82) is 5.26 Å². The lowest BCUT2D eigenvalue weighted by Crippen LogP contribution is -2.33. The summed E-state index contributed by atoms with van der Waals surface area (Å²) in [6.07, 6.45) is 5.61. The lowest BCUT2D eigenvalue weighted by Gasteiger charge is -2.14. The van der Waals surface area contributed by atoms with Crippen molar-refractivity contribution < 1.29 is 19.1 Å². The zero-order chi connectivity index (χ0) is 22.9. The van der Waals surface area contributed by atoms with Gasteiger partial charge in [0.2, 0.25) is 0 Å². The van der Waals surface area contributed by atoms with Crippen LogP contribution >= 0.6 is 22.6 Å². The summed E-state index contributed by atoms with van der Waals surface area (Å²) in [6, 6.07) is 14.7. The summed E-state index contributed by atoms with van der Waals surface area (Å²) < 4.78 is 11.8. The summed E-state index contributed by atoms with van der Waals surface area (Å²) in [5.74, 6) is 0.159. The zero-order valence-electron chi connectivity index (χ0n) is 17.7. The van der Waals surface area contributed by atoms with Gasteiger partial charge in [0, 0.05) is 11.7 Å². The molecule has 2 aromatic rings. The molecule has 3 rings (SSSR count). The first-order valence-corrected chi connectivity index (χ1v) is 11.4. The maximum absolute atomic E-state index is 12.5. The van der Waals surface area contributed by atoms with Gasteiger partial charge in [-0.25, -0.2) is 0 Å². The maximum atomic E-state index is 12.5. The normalized spacial score (nSPS) is 13.8. The van der Waals surface area contributed by atoms with Crippen LogP contribution in [0.15, 0.2) is 48.0 Å². The number of amides is 2. The Labute approximate surface area is 200 Å². The Morgan fingerprint density at radius 1 is 1.22 bits per heavy atom. The molecule has 2 amide bonds. The first-order chi connectivity index (χ1) is 15.5. The van der Waals surface area contributed by atoms with E-state index in [1.165, 1.54) is 13.2 Å². The third-order valence-corrected chi connectivity index (χ3v) is 5.82. The number of para-hydroxylation sites is 1. The van der Waals surface area contributed by atoms with Gasteiger partial charge in [0.1, 0.15) is 11.6 Å². The van der Waals surface area contributed by atoms with Crippen molar-refractivity contribution in [3.05, 3.63) is 57.2 Å². The van der Waals surface area contributed by atoms with Crippen LogP contribution in [0, 0.1) is 14.9 Å². The van der Waals surface area contributed by atoms with Crippen LogP contribution in [0.3, 0.4) is 0 Å². The van der Waals surface area contributed by atoms with Gasteiger partial charge < -0.3 is 20.1 Å². The maximum Gasteiger partial charge on any atom is 0.262 e. The minimum atomic E-state index is -0.369. The number of anilines is 1. The van der Waals surface area contributed by atoms with Crippen LogP contribution in [-0.4, -0.2) is 31.6 Å². The molecule has 1 fully saturated rings. The van der Waals surface area contributed by atoms with Crippen LogP contribution < -0.4 is 20.1 Å². The topological polar surface area (TPSA) is 100 Å². The molecule has 1 aliphatic rings. The molecular formula is C24H24IN3O4. The second-order valence-corrected chi connectivity index (χ2v) is 8.52. The van der Waals surface area contributed by atoms with E-state index in [1.54, 1.807) is 24.3 Å². The Bertz CT molecular complexity index is 1040. The van der Waals surface area contributed by atoms with E-state index in [1.807, 2.05) is 24.3 Å². The van der Waals surface area contributed by atoms with Gasteiger partial charge in [-0.2, -0.15) is 5.26 Å². The number of carbonyl (C=O) groups excluding carboxylic acids is 2. The standard InChI is InChI=1S/C24H24IN3O4/c1-31-21-13-16(11-17(14-26)24(30)28-19-9-5-6-10-19)12-20(25)23(21)32-15-22(29)27-18-7-3-2-4-8-18/h2-4,7-8,11-13,19H,5-6,9-10,15H2,1H3,(H,27,29)(H,28,30)/b17-11-. The summed E-state index contributed by atoms with van der Waals surface area (Å²) in [5, 5.41) is 15.2. The fraction of sp³-hybridized carbons (Fsp3) is 0.292. The first kappa shape index (κ1) is 23.6. The van der Waals surface area contributed by atoms with Crippen molar-refractivity contribution in [3.8, 4) is 17.6 Å². The number of benzene rings is 2. The van der Waals surface area contributed by atoms with Gasteiger partial charge in [0.25, 0.3) is 11.8 Å². The average molecular weight is 545 g/mol. The molecule has 2 N–H and O–H groups in total. The van der Waals surface area contributed by atoms with Crippen molar-refractivity contribution in [2.24, 2.45) is 0 Å². The van der Waals surface area contributed by atoms with Crippen molar-refractivity contribution in [2.45, 2.75) is 31.7 Å². The molecule has 32 heavy (non-hydrogen) atoms. The van der Waals surface area contributed by atoms with Gasteiger partial charge in [-0.3, -0.25) is 9.59 Å². The highest BCUT2D eigenvalue weighted by molar-refractivity contribution is 14.1. The molecule has 8 heteroatoms. The van der Waals surface area contributed by atoms with Crippen molar-refractivity contribution in [3.63, 3.8) is 0 Å². The molecule has 0 radical (unpaired) electrons. The molecule has 0 heterocycles. The van der Waals surface area contributed by atoms with Gasteiger partial charge in [0.05, 0.1) is 10.7 Å². The van der Waals surface area contributed by atoms with E-state index < -0.39 is 0 Å². The molecule has 166 valence electrons. The number of halogens is 1. The van der Waals surface area contributed by atoms with Gasteiger partial charge in [0.15, 0.2) is 18.1 Å². The Balaban J connectivity index is 1.70. The first-order valence-electron chi connectivity index (χ1n) is 10.3. The molecule has 2 aromatic carbocycles. The average Bonchev–Trinajstić information content (AvgIpc) is 3.30. The van der Waals surface area contributed by atoms with Gasteiger partial charge >= 0.3 is 0 Å². The number of nitriles is 1. The fourth-order valence-corrected chi connectivity index (χ4v) is 4.25. The minimum Gasteiger partial charge on any atom is -0.493 e. The zero-order valence-corrected chi connectivity index (χ0v) is 19.8. The Kier molecular flexibility index (Phi) is 8.50. The van der Waals surface area contributed by atoms with Crippen LogP contribution in [0.4, 0.5) is 5.69 Å². The predicted molar refractivity (Wildman–Crippen MR) is 130 cm³/mol. The van der Waals surface area contributed by atoms with Crippen molar-refractivity contribution in [1.82, 2.24) is 5.32 Å². The van der Waals surface area contributed by atoms with E-state index in [4.69, 9.17) is 9.47 Å². The van der Waals surface area contributed by atoms with E-state index in [2.05, 4.69) is 33.2 Å². The molecule has 0 saturated heterocycles. The number of ether oxygens (including phenoxy) is 2. The van der Waals surface area contributed by atoms with Gasteiger partial charge in [-0.1, -0.05) is 31.0 Å². The number of methoxy groups -OCH3 is 1. The van der Waals surface area contributed by atoms with E-state index in [-0.39, 0.29) is 30.0 Å². The van der Waals surface area contributed by atoms with Crippen molar-refractivity contribution in [2.75, 3.05) is 19.0 Å². The largest absolute Gasteiger partial charge is 0.493 e. The molecule has 0 unspecified atom stereocenters. The summed E-state index contributed by atoms with van der Waals surface area (Å²) >= 11 is 2.07. The molecule has 0 aliphatic heterocycles. The van der Waals surface area contributed by atoms with E-state index in [9.17, 15) is 14.9 Å². The summed E-state index contributed by atoms with van der Waals surface area (Å²) in [6.45, 7) is -0.191. The Hall–Kier alpha value is -3.06. The molecular weight excluding hydrogens is 521 g/mol. The summed E-state index contributed by atoms with van der Waals surface area (Å²) in [7, 11) is 1.49. The molecule has 0 bridgehead atoms. The third-order valence-electron chi connectivity index (χ3n) is 5.02. The smallest absolute Gasteiger partial charge is 0.262 e. The van der Waals surface area contributed by atoms with E-state index in [0.29, 0.717) is 26.3 Å². The Morgan fingerprint density at radius 2 is 1.94 bits per heavy atom. The molecule has 0 atom stereocenters. The second-order valence-electron chi connectivity index (χ2n) is 7.36. The fourth-order valence-electron chi connectivity index (χ4n) is 3.47. The molecule has 0 aromatic heterocycles. The summed E-state index contributed by atoms with van der Waals surface area (Å²) in [5.41, 5.74) is 1.35. The quantitative estimate of drug-likeness (QED) is 0.293. The number of nitrogens with zero attached hydrogens (tertiary/aromatic N) is 1. The monoisotopic (exact) mass is 545 g/mol. The van der Waals surface area contributed by atoms with Crippen molar-refractivity contribution >= 4 is 46.2 Å². The number of nitrogens with one attached hydrogen (secondary N) is 2. The lowest BCUT2D eigenvalue weighted by molar-refractivity contribution is -0.118. The Morgan fingerprint density at radius 3 is 2.59 bits per heavy atom. The number of carbonyl (C=O) groups is 2. The molecule has 1 saturated carbocycles. The second kappa shape index (κ2) is 11.5. The highest BCUT2D eigenvalue weighted by Gasteiger charge is 2.20. The number of rotatable bonds is 8. The van der Waals surface area contributed by atoms with Crippen LogP contribution in [0.25, 0.3) is 6.08 Å². The van der Waals surface area contributed by atoms with Crippen LogP contribution in [0.1, 0.15) is 31.2 Å². The van der Waals surface area contributed by atoms with Crippen LogP contribution in [0.2, 0.25) is 0 Å². The predicted octanol–water partition coefficient (Wildman–Crippen LogP) is 4.28. The molecule has 1 aliphatic carbocycles. The lowest BCUT2D eigenvalue weighted by atomic mass is 10.1. The van der Waals surface area contributed by atoms with Crippen LogP contribution in [-0.2, 0) is 9.59 Å². The van der Waals surface area contributed by atoms with Crippen LogP contribution in [0.5, 0.6) is 11.5 Å². The SMILES string of the molecule is COc1cc(/C=C(/C#N)C(=O)NC2CCCC2)cc(I)c1OCC(=O)Nc1ccccc1. The summed E-state index contributed by atoms with van der Waals surface area (Å²) in [4.78, 5) is 24.7. The van der Waals surface area contributed by atoms with Gasteiger partial charge in [-0.15, -0.1) is 0 Å². The van der Waals surface area contributed by atoms with E-state index in [0.717, 1.165) is 25.7 Å². The molecule has 7 nitrogen and oxygen atoms in total. The molecule has 0 spiro atoms. The third kappa shape index (κ3) is 6.47. The van der Waals surface area contributed by atoms with Gasteiger partial charge in [-0.05, 0) is 71.3 Å². The number of hydrogen-bond donors (Lipinski definition) is 2.